The van der Waals surface area contributed by atoms with Gasteiger partial charge in [0, 0.05) is 17.2 Å². The number of ether oxygens (including phenoxy) is 2. The predicted molar refractivity (Wildman–Crippen MR) is 139 cm³/mol. The molecule has 39 heavy (non-hydrogen) atoms. The van der Waals surface area contributed by atoms with E-state index in [-0.39, 0.29) is 40.0 Å². The molecule has 1 aliphatic heterocycles. The van der Waals surface area contributed by atoms with Crippen LogP contribution >= 0.6 is 0 Å². The Morgan fingerprint density at radius 2 is 1.69 bits per heavy atom. The van der Waals surface area contributed by atoms with E-state index >= 15 is 0 Å². The molecule has 1 unspecified atom stereocenters. The molecule has 0 spiro atoms. The molecule has 2 aromatic heterocycles. The minimum absolute atomic E-state index is 0.0407. The second kappa shape index (κ2) is 9.21. The van der Waals surface area contributed by atoms with Crippen molar-refractivity contribution in [1.82, 2.24) is 0 Å². The Labute approximate surface area is 220 Å². The number of carbonyl (C=O) groups is 2. The highest BCUT2D eigenvalue weighted by atomic mass is 16.5. The molecule has 194 valence electrons. The summed E-state index contributed by atoms with van der Waals surface area (Å²) >= 11 is 0. The molecular formula is C30H20O9. The highest BCUT2D eigenvalue weighted by Crippen LogP contribution is 2.46. The second-order valence-electron chi connectivity index (χ2n) is 9.03. The summed E-state index contributed by atoms with van der Waals surface area (Å²) in [4.78, 5) is 37.2. The molecule has 0 fully saturated rings. The molecule has 1 aliphatic rings. The molecule has 0 bridgehead atoms. The van der Waals surface area contributed by atoms with Crippen molar-refractivity contribution in [2.75, 3.05) is 7.11 Å². The van der Waals surface area contributed by atoms with E-state index in [2.05, 4.69) is 0 Å². The molecule has 5 aromatic rings. The summed E-state index contributed by atoms with van der Waals surface area (Å²) in [6, 6.07) is 17.7. The Morgan fingerprint density at radius 3 is 2.38 bits per heavy atom. The van der Waals surface area contributed by atoms with Gasteiger partial charge in [-0.3, -0.25) is 9.59 Å². The van der Waals surface area contributed by atoms with E-state index in [4.69, 9.17) is 23.4 Å². The Bertz CT molecular complexity index is 1810. The largest absolute Gasteiger partial charge is 0.507 e. The first kappa shape index (κ1) is 24.1. The average Bonchev–Trinajstić information content (AvgIpc) is 3.43. The fourth-order valence-electron chi connectivity index (χ4n) is 4.82. The Kier molecular flexibility index (Phi) is 5.68. The van der Waals surface area contributed by atoms with Gasteiger partial charge in [-0.15, -0.1) is 0 Å². The van der Waals surface area contributed by atoms with Crippen molar-refractivity contribution < 1.29 is 38.1 Å². The topological polar surface area (TPSA) is 136 Å². The van der Waals surface area contributed by atoms with E-state index in [1.54, 1.807) is 55.6 Å². The monoisotopic (exact) mass is 524 g/mol. The van der Waals surface area contributed by atoms with E-state index in [1.165, 1.54) is 24.5 Å². The van der Waals surface area contributed by atoms with E-state index in [0.717, 1.165) is 0 Å². The third kappa shape index (κ3) is 4.10. The van der Waals surface area contributed by atoms with Crippen molar-refractivity contribution in [3.63, 3.8) is 0 Å². The van der Waals surface area contributed by atoms with Gasteiger partial charge in [-0.1, -0.05) is 24.3 Å². The minimum Gasteiger partial charge on any atom is -0.507 e. The maximum absolute atomic E-state index is 13.5. The number of aromatic hydroxyl groups is 1. The van der Waals surface area contributed by atoms with Crippen LogP contribution in [0.3, 0.4) is 0 Å². The Hall–Kier alpha value is -5.31. The highest BCUT2D eigenvalue weighted by Gasteiger charge is 2.35. The van der Waals surface area contributed by atoms with Crippen molar-refractivity contribution >= 4 is 22.9 Å². The lowest BCUT2D eigenvalue weighted by Crippen LogP contribution is -2.21. The lowest BCUT2D eigenvalue weighted by atomic mass is 9.88. The van der Waals surface area contributed by atoms with Crippen molar-refractivity contribution in [1.29, 1.82) is 0 Å². The number of carbonyl (C=O) groups excluding carboxylic acids is 1. The zero-order valence-electron chi connectivity index (χ0n) is 20.5. The molecule has 0 aliphatic carbocycles. The van der Waals surface area contributed by atoms with Crippen molar-refractivity contribution in [2.45, 2.75) is 12.3 Å². The summed E-state index contributed by atoms with van der Waals surface area (Å²) in [6.45, 7) is 0. The molecule has 0 saturated heterocycles. The number of carboxylic acid groups (broad SMARTS) is 1. The Balaban J connectivity index is 1.47. The van der Waals surface area contributed by atoms with Crippen LogP contribution in [0.5, 0.6) is 17.2 Å². The predicted octanol–water partition coefficient (Wildman–Crippen LogP) is 5.57. The van der Waals surface area contributed by atoms with Crippen LogP contribution in [-0.2, 0) is 4.79 Å². The third-order valence-corrected chi connectivity index (χ3v) is 6.76. The average molecular weight is 524 g/mol. The molecule has 3 aromatic carbocycles. The number of phenolic OH excluding ortho intramolecular Hbond substituents is 1. The third-order valence-electron chi connectivity index (χ3n) is 6.76. The number of phenols is 1. The fraction of sp³-hybridized carbons (Fsp3) is 0.100. The zero-order chi connectivity index (χ0) is 27.3. The quantitative estimate of drug-likeness (QED) is 0.223. The van der Waals surface area contributed by atoms with Crippen LogP contribution in [0.25, 0.3) is 33.4 Å². The first-order valence-corrected chi connectivity index (χ1v) is 11.9. The number of esters is 1. The van der Waals surface area contributed by atoms with E-state index in [9.17, 15) is 19.5 Å². The standard InChI is InChI=1S/C30H20O9/c1-36-18-8-6-15(7-9-18)20-14-37-29-26-19(12-25(32)39-24(26)13-21(31)27(29)28(20)33)23-11-10-22(38-23)16-2-4-17(5-3-16)30(34)35/h2-11,13-14,19,31H,12H2,1H3,(H,34,35). The van der Waals surface area contributed by atoms with Gasteiger partial charge in [0.05, 0.1) is 30.6 Å². The van der Waals surface area contributed by atoms with Gasteiger partial charge in [-0.2, -0.15) is 0 Å². The van der Waals surface area contributed by atoms with E-state index in [1.807, 2.05) is 0 Å². The molecule has 0 radical (unpaired) electrons. The summed E-state index contributed by atoms with van der Waals surface area (Å²) in [5.41, 5.74) is 1.67. The number of carboxylic acids is 1. The summed E-state index contributed by atoms with van der Waals surface area (Å²) in [6.07, 6.45) is 1.24. The van der Waals surface area contributed by atoms with Crippen molar-refractivity contribution in [3.05, 3.63) is 100 Å². The molecule has 9 heteroatoms. The van der Waals surface area contributed by atoms with Crippen LogP contribution < -0.4 is 14.9 Å². The van der Waals surface area contributed by atoms with Gasteiger partial charge in [0.15, 0.2) is 0 Å². The van der Waals surface area contributed by atoms with Gasteiger partial charge < -0.3 is 28.5 Å². The lowest BCUT2D eigenvalue weighted by molar-refractivity contribution is -0.135. The summed E-state index contributed by atoms with van der Waals surface area (Å²) in [7, 11) is 1.54. The summed E-state index contributed by atoms with van der Waals surface area (Å²) < 4.78 is 22.6. The van der Waals surface area contributed by atoms with Crippen molar-refractivity contribution in [3.8, 4) is 39.7 Å². The van der Waals surface area contributed by atoms with E-state index in [0.29, 0.717) is 34.0 Å². The van der Waals surface area contributed by atoms with Crippen LogP contribution in [-0.4, -0.2) is 29.3 Å². The number of furan rings is 1. The summed E-state index contributed by atoms with van der Waals surface area (Å²) in [5.74, 6) is -1.02. The highest BCUT2D eigenvalue weighted by molar-refractivity contribution is 5.94. The minimum atomic E-state index is -1.04. The molecular weight excluding hydrogens is 504 g/mol. The Morgan fingerprint density at radius 1 is 0.974 bits per heavy atom. The van der Waals surface area contributed by atoms with E-state index < -0.39 is 23.3 Å². The van der Waals surface area contributed by atoms with Gasteiger partial charge in [0.1, 0.15) is 46.0 Å². The van der Waals surface area contributed by atoms with Crippen LogP contribution in [0.2, 0.25) is 0 Å². The first-order valence-electron chi connectivity index (χ1n) is 11.9. The first-order chi connectivity index (χ1) is 18.8. The van der Waals surface area contributed by atoms with Crippen LogP contribution in [0, 0.1) is 0 Å². The molecule has 9 nitrogen and oxygen atoms in total. The molecule has 0 saturated carbocycles. The van der Waals surface area contributed by atoms with Crippen LogP contribution in [0.1, 0.15) is 34.0 Å². The molecule has 0 amide bonds. The molecule has 6 rings (SSSR count). The van der Waals surface area contributed by atoms with Gasteiger partial charge in [0.2, 0.25) is 5.43 Å². The van der Waals surface area contributed by atoms with Crippen LogP contribution in [0.4, 0.5) is 0 Å². The maximum Gasteiger partial charge on any atom is 0.335 e. The normalized spacial score (nSPS) is 14.6. The summed E-state index contributed by atoms with van der Waals surface area (Å²) in [5, 5.41) is 19.9. The number of methoxy groups -OCH3 is 1. The van der Waals surface area contributed by atoms with Gasteiger partial charge in [-0.05, 0) is 42.0 Å². The smallest absolute Gasteiger partial charge is 0.335 e. The molecule has 2 N–H and O–H groups in total. The van der Waals surface area contributed by atoms with Crippen LogP contribution in [0.15, 0.2) is 86.6 Å². The number of rotatable bonds is 5. The number of hydrogen-bond acceptors (Lipinski definition) is 8. The van der Waals surface area contributed by atoms with Gasteiger partial charge >= 0.3 is 11.9 Å². The van der Waals surface area contributed by atoms with Gasteiger partial charge in [-0.25, -0.2) is 4.79 Å². The fourth-order valence-corrected chi connectivity index (χ4v) is 4.82. The number of benzene rings is 3. The molecule has 1 atom stereocenters. The number of hydrogen-bond donors (Lipinski definition) is 2. The second-order valence-corrected chi connectivity index (χ2v) is 9.03. The van der Waals surface area contributed by atoms with Crippen molar-refractivity contribution in [2.24, 2.45) is 0 Å². The number of aromatic carboxylic acids is 1. The van der Waals surface area contributed by atoms with Gasteiger partial charge in [0.25, 0.3) is 0 Å². The molecule has 3 heterocycles. The number of fused-ring (bicyclic) bond motifs is 3. The lowest BCUT2D eigenvalue weighted by Gasteiger charge is -2.24. The zero-order valence-corrected chi connectivity index (χ0v) is 20.5. The maximum atomic E-state index is 13.5. The SMILES string of the molecule is COc1ccc(-c2coc3c4c(cc(O)c3c2=O)OC(=O)CC4c2ccc(-c3ccc(C(=O)O)cc3)o2)cc1.